The van der Waals surface area contributed by atoms with E-state index in [2.05, 4.69) is 42.9 Å². The first kappa shape index (κ1) is 26.2. The SMILES string of the molecule is CC(C)Cc1ccc(C(C)C(=O)n2ccc3c(C=N[C@H]4CN(C(=O)CC#N)CC[C@H]4C)ncnc32)cc1. The van der Waals surface area contributed by atoms with Gasteiger partial charge in [0.15, 0.2) is 5.65 Å². The molecule has 1 aliphatic rings. The van der Waals surface area contributed by atoms with Gasteiger partial charge in [-0.3, -0.25) is 19.1 Å². The fourth-order valence-electron chi connectivity index (χ4n) is 4.83. The monoisotopic (exact) mass is 498 g/mol. The number of carbonyl (C=O) groups is 2. The molecule has 0 spiro atoms. The Balaban J connectivity index is 1.53. The van der Waals surface area contributed by atoms with Gasteiger partial charge in [-0.1, -0.05) is 45.0 Å². The number of likely N-dealkylation sites (tertiary alicyclic amines) is 1. The second-order valence-corrected chi connectivity index (χ2v) is 10.4. The highest BCUT2D eigenvalue weighted by Crippen LogP contribution is 2.24. The second-order valence-electron chi connectivity index (χ2n) is 10.4. The molecule has 0 saturated carbocycles. The average Bonchev–Trinajstić information content (AvgIpc) is 3.32. The van der Waals surface area contributed by atoms with Crippen LogP contribution in [0.1, 0.15) is 68.1 Å². The minimum Gasteiger partial charge on any atom is -0.340 e. The first-order valence-corrected chi connectivity index (χ1v) is 12.9. The minimum absolute atomic E-state index is 0.0549. The molecule has 37 heavy (non-hydrogen) atoms. The predicted octanol–water partition coefficient (Wildman–Crippen LogP) is 4.64. The van der Waals surface area contributed by atoms with Crippen molar-refractivity contribution in [3.63, 3.8) is 0 Å². The Kier molecular flexibility index (Phi) is 8.12. The van der Waals surface area contributed by atoms with E-state index in [1.165, 1.54) is 11.9 Å². The topological polar surface area (TPSA) is 104 Å². The Morgan fingerprint density at radius 1 is 1.19 bits per heavy atom. The Labute approximate surface area is 218 Å². The lowest BCUT2D eigenvalue weighted by molar-refractivity contribution is -0.131. The van der Waals surface area contributed by atoms with Crippen molar-refractivity contribution in [3.05, 3.63) is 59.7 Å². The van der Waals surface area contributed by atoms with E-state index in [1.54, 1.807) is 21.9 Å². The fourth-order valence-corrected chi connectivity index (χ4v) is 4.83. The second kappa shape index (κ2) is 11.5. The third-order valence-corrected chi connectivity index (χ3v) is 7.13. The van der Waals surface area contributed by atoms with E-state index in [0.29, 0.717) is 36.3 Å². The summed E-state index contributed by atoms with van der Waals surface area (Å²) >= 11 is 0. The predicted molar refractivity (Wildman–Crippen MR) is 144 cm³/mol. The van der Waals surface area contributed by atoms with Crippen LogP contribution in [0.2, 0.25) is 0 Å². The summed E-state index contributed by atoms with van der Waals surface area (Å²) in [5.74, 6) is 0.355. The Bertz CT molecular complexity index is 1330. The van der Waals surface area contributed by atoms with Gasteiger partial charge in [0.2, 0.25) is 11.8 Å². The number of carbonyl (C=O) groups excluding carboxylic acids is 2. The molecule has 1 saturated heterocycles. The molecule has 0 bridgehead atoms. The zero-order chi connectivity index (χ0) is 26.5. The first-order chi connectivity index (χ1) is 17.8. The van der Waals surface area contributed by atoms with Crippen LogP contribution in [0.25, 0.3) is 11.0 Å². The van der Waals surface area contributed by atoms with Crippen molar-refractivity contribution in [3.8, 4) is 6.07 Å². The van der Waals surface area contributed by atoms with Gasteiger partial charge in [-0.25, -0.2) is 9.97 Å². The highest BCUT2D eigenvalue weighted by atomic mass is 16.2. The third-order valence-electron chi connectivity index (χ3n) is 7.13. The maximum absolute atomic E-state index is 13.4. The quantitative estimate of drug-likeness (QED) is 0.441. The molecule has 1 aromatic carbocycles. The van der Waals surface area contributed by atoms with Gasteiger partial charge in [0.05, 0.1) is 23.7 Å². The number of benzene rings is 1. The normalized spacial score (nSPS) is 18.9. The van der Waals surface area contributed by atoms with Gasteiger partial charge in [0.1, 0.15) is 12.7 Å². The molecule has 2 aromatic heterocycles. The molecule has 8 heteroatoms. The maximum atomic E-state index is 13.4. The van der Waals surface area contributed by atoms with Crippen LogP contribution in [0.4, 0.5) is 0 Å². The molecule has 3 atom stereocenters. The molecule has 0 radical (unpaired) electrons. The lowest BCUT2D eigenvalue weighted by atomic mass is 9.93. The summed E-state index contributed by atoms with van der Waals surface area (Å²) in [6.45, 7) is 9.56. The van der Waals surface area contributed by atoms with E-state index in [-0.39, 0.29) is 30.2 Å². The van der Waals surface area contributed by atoms with Crippen molar-refractivity contribution in [2.45, 2.75) is 58.9 Å². The lowest BCUT2D eigenvalue weighted by Crippen LogP contribution is -2.45. The largest absolute Gasteiger partial charge is 0.340 e. The molecular weight excluding hydrogens is 464 g/mol. The summed E-state index contributed by atoms with van der Waals surface area (Å²) in [7, 11) is 0. The van der Waals surface area contributed by atoms with Gasteiger partial charge in [-0.15, -0.1) is 0 Å². The average molecular weight is 499 g/mol. The molecule has 1 unspecified atom stereocenters. The van der Waals surface area contributed by atoms with Crippen LogP contribution in [0, 0.1) is 23.2 Å². The highest BCUT2D eigenvalue weighted by molar-refractivity contribution is 6.00. The molecule has 4 rings (SSSR count). The van der Waals surface area contributed by atoms with Crippen LogP contribution in [0.5, 0.6) is 0 Å². The maximum Gasteiger partial charge on any atom is 0.239 e. The molecule has 1 fully saturated rings. The number of fused-ring (bicyclic) bond motifs is 1. The number of amides is 1. The van der Waals surface area contributed by atoms with Crippen molar-refractivity contribution >= 4 is 29.1 Å². The van der Waals surface area contributed by atoms with Crippen molar-refractivity contribution < 1.29 is 9.59 Å². The molecule has 192 valence electrons. The molecule has 1 amide bonds. The number of nitrogens with zero attached hydrogens (tertiary/aromatic N) is 6. The Morgan fingerprint density at radius 3 is 2.65 bits per heavy atom. The number of aromatic nitrogens is 3. The fraction of sp³-hybridized carbons (Fsp3) is 0.448. The van der Waals surface area contributed by atoms with Crippen LogP contribution in [0.15, 0.2) is 47.8 Å². The van der Waals surface area contributed by atoms with Crippen LogP contribution in [0.3, 0.4) is 0 Å². The first-order valence-electron chi connectivity index (χ1n) is 12.9. The Hall–Kier alpha value is -3.86. The molecule has 8 nitrogen and oxygen atoms in total. The lowest BCUT2D eigenvalue weighted by Gasteiger charge is -2.34. The smallest absolute Gasteiger partial charge is 0.239 e. The van der Waals surface area contributed by atoms with Gasteiger partial charge in [-0.05, 0) is 48.8 Å². The number of hydrogen-bond acceptors (Lipinski definition) is 6. The summed E-state index contributed by atoms with van der Waals surface area (Å²) in [4.78, 5) is 40.9. The van der Waals surface area contributed by atoms with Crippen molar-refractivity contribution in [1.29, 1.82) is 5.26 Å². The minimum atomic E-state index is -0.323. The summed E-state index contributed by atoms with van der Waals surface area (Å²) in [6, 6.07) is 12.0. The van der Waals surface area contributed by atoms with Crippen LogP contribution < -0.4 is 0 Å². The summed E-state index contributed by atoms with van der Waals surface area (Å²) < 4.78 is 1.59. The van der Waals surface area contributed by atoms with Crippen molar-refractivity contribution in [1.82, 2.24) is 19.4 Å². The van der Waals surface area contributed by atoms with Gasteiger partial charge in [-0.2, -0.15) is 5.26 Å². The summed E-state index contributed by atoms with van der Waals surface area (Å²) in [5.41, 5.74) is 3.42. The van der Waals surface area contributed by atoms with Crippen LogP contribution in [-0.2, 0) is 11.2 Å². The number of hydrogen-bond donors (Lipinski definition) is 0. The van der Waals surface area contributed by atoms with E-state index in [9.17, 15) is 9.59 Å². The number of aliphatic imine (C=N–C) groups is 1. The molecular formula is C29H34N6O2. The summed E-state index contributed by atoms with van der Waals surface area (Å²) in [5, 5.41) is 9.60. The van der Waals surface area contributed by atoms with E-state index < -0.39 is 0 Å². The molecule has 0 N–H and O–H groups in total. The van der Waals surface area contributed by atoms with Crippen LogP contribution >= 0.6 is 0 Å². The molecule has 1 aliphatic heterocycles. The van der Waals surface area contributed by atoms with Gasteiger partial charge < -0.3 is 4.90 Å². The number of rotatable bonds is 7. The van der Waals surface area contributed by atoms with E-state index in [0.717, 1.165) is 23.8 Å². The van der Waals surface area contributed by atoms with Gasteiger partial charge >= 0.3 is 0 Å². The zero-order valence-electron chi connectivity index (χ0n) is 22.0. The number of nitriles is 1. The van der Waals surface area contributed by atoms with Crippen molar-refractivity contribution in [2.24, 2.45) is 16.8 Å². The van der Waals surface area contributed by atoms with Gasteiger partial charge in [0, 0.05) is 30.9 Å². The molecule has 3 heterocycles. The van der Waals surface area contributed by atoms with Crippen molar-refractivity contribution in [2.75, 3.05) is 13.1 Å². The van der Waals surface area contributed by atoms with E-state index in [1.807, 2.05) is 31.2 Å². The Morgan fingerprint density at radius 2 is 1.95 bits per heavy atom. The third kappa shape index (κ3) is 5.93. The molecule has 0 aliphatic carbocycles. The highest BCUT2D eigenvalue weighted by Gasteiger charge is 2.28. The molecule has 3 aromatic rings. The van der Waals surface area contributed by atoms with Gasteiger partial charge in [0.25, 0.3) is 0 Å². The van der Waals surface area contributed by atoms with E-state index >= 15 is 0 Å². The van der Waals surface area contributed by atoms with E-state index in [4.69, 9.17) is 10.3 Å². The number of piperidine rings is 1. The standard InChI is InChI=1S/C29H34N6O2/c1-19(2)15-22-5-7-23(8-6-22)21(4)29(37)35-14-11-24-25(32-18-33-28(24)35)16-31-26-17-34(13-10-20(26)3)27(36)9-12-30/h5-8,11,14,16,18-21,26H,9-10,13,15,17H2,1-4H3/t20-,21?,26+/m1/s1. The summed E-state index contributed by atoms with van der Waals surface area (Å²) in [6.07, 6.45) is 6.65. The van der Waals surface area contributed by atoms with Crippen LogP contribution in [-0.4, -0.2) is 56.6 Å². The zero-order valence-corrected chi connectivity index (χ0v) is 22.0.